The first-order valence-corrected chi connectivity index (χ1v) is 3.91. The first-order chi connectivity index (χ1) is 5.75. The molecule has 1 aromatic rings. The molecular formula is C10H11FO. The Morgan fingerprint density at radius 1 is 1.42 bits per heavy atom. The molecule has 0 radical (unpaired) electrons. The van der Waals surface area contributed by atoms with Gasteiger partial charge in [-0.05, 0) is 0 Å². The van der Waals surface area contributed by atoms with Gasteiger partial charge in [0.05, 0.1) is 6.67 Å². The van der Waals surface area contributed by atoms with Crippen LogP contribution in [0, 0.1) is 5.92 Å². The van der Waals surface area contributed by atoms with Gasteiger partial charge in [-0.2, -0.15) is 0 Å². The average Bonchev–Trinajstić information content (AvgIpc) is 2.17. The molecule has 0 aliphatic rings. The van der Waals surface area contributed by atoms with Gasteiger partial charge in [0.1, 0.15) is 0 Å². The molecule has 1 rings (SSSR count). The van der Waals surface area contributed by atoms with Crippen molar-refractivity contribution in [1.29, 1.82) is 0 Å². The Bertz CT molecular complexity index is 256. The average molecular weight is 166 g/mol. The summed E-state index contributed by atoms with van der Waals surface area (Å²) in [5.41, 5.74) is 0.586. The number of hydrogen-bond donors (Lipinski definition) is 0. The van der Waals surface area contributed by atoms with Gasteiger partial charge in [0.2, 0.25) is 0 Å². The Morgan fingerprint density at radius 3 is 2.50 bits per heavy atom. The number of halogens is 1. The SMILES string of the molecule is CC(CF)C(=O)c1ccccc1. The van der Waals surface area contributed by atoms with E-state index in [0.717, 1.165) is 0 Å². The Morgan fingerprint density at radius 2 is 2.00 bits per heavy atom. The molecule has 1 aromatic carbocycles. The molecule has 0 N–H and O–H groups in total. The Balaban J connectivity index is 2.79. The Labute approximate surface area is 71.2 Å². The van der Waals surface area contributed by atoms with Gasteiger partial charge in [0, 0.05) is 11.5 Å². The third kappa shape index (κ3) is 1.91. The molecular weight excluding hydrogens is 155 g/mol. The maximum atomic E-state index is 12.1. The summed E-state index contributed by atoms with van der Waals surface area (Å²) in [5, 5.41) is 0. The van der Waals surface area contributed by atoms with Crippen molar-refractivity contribution in [3.05, 3.63) is 35.9 Å². The highest BCUT2D eigenvalue weighted by Gasteiger charge is 2.13. The van der Waals surface area contributed by atoms with Gasteiger partial charge in [0.25, 0.3) is 0 Å². The fraction of sp³-hybridized carbons (Fsp3) is 0.300. The summed E-state index contributed by atoms with van der Waals surface area (Å²) >= 11 is 0. The smallest absolute Gasteiger partial charge is 0.168 e. The largest absolute Gasteiger partial charge is 0.294 e. The van der Waals surface area contributed by atoms with Crippen LogP contribution in [0.4, 0.5) is 4.39 Å². The van der Waals surface area contributed by atoms with Crippen molar-refractivity contribution in [1.82, 2.24) is 0 Å². The number of hydrogen-bond acceptors (Lipinski definition) is 1. The van der Waals surface area contributed by atoms with E-state index in [0.29, 0.717) is 5.56 Å². The van der Waals surface area contributed by atoms with Crippen LogP contribution in [0.2, 0.25) is 0 Å². The highest BCUT2D eigenvalue weighted by Crippen LogP contribution is 2.08. The second kappa shape index (κ2) is 4.00. The van der Waals surface area contributed by atoms with Gasteiger partial charge in [0.15, 0.2) is 5.78 Å². The van der Waals surface area contributed by atoms with Crippen LogP contribution in [0.5, 0.6) is 0 Å². The summed E-state index contributed by atoms with van der Waals surface area (Å²) < 4.78 is 12.1. The van der Waals surface area contributed by atoms with E-state index in [1.807, 2.05) is 6.07 Å². The van der Waals surface area contributed by atoms with E-state index in [4.69, 9.17) is 0 Å². The number of Topliss-reactive ketones (excluding diaryl/α,β-unsaturated/α-hetero) is 1. The van der Waals surface area contributed by atoms with Crippen LogP contribution in [-0.2, 0) is 0 Å². The first-order valence-electron chi connectivity index (χ1n) is 3.91. The lowest BCUT2D eigenvalue weighted by Crippen LogP contribution is -2.12. The Kier molecular flexibility index (Phi) is 2.97. The second-order valence-electron chi connectivity index (χ2n) is 2.79. The van der Waals surface area contributed by atoms with E-state index in [9.17, 15) is 9.18 Å². The zero-order valence-corrected chi connectivity index (χ0v) is 6.96. The monoisotopic (exact) mass is 166 g/mol. The van der Waals surface area contributed by atoms with Gasteiger partial charge >= 0.3 is 0 Å². The third-order valence-electron chi connectivity index (χ3n) is 1.74. The molecule has 64 valence electrons. The van der Waals surface area contributed by atoms with Crippen molar-refractivity contribution in [2.24, 2.45) is 5.92 Å². The van der Waals surface area contributed by atoms with E-state index in [1.54, 1.807) is 31.2 Å². The third-order valence-corrected chi connectivity index (χ3v) is 1.74. The van der Waals surface area contributed by atoms with E-state index >= 15 is 0 Å². The second-order valence-corrected chi connectivity index (χ2v) is 2.79. The van der Waals surface area contributed by atoms with Crippen molar-refractivity contribution >= 4 is 5.78 Å². The predicted octanol–water partition coefficient (Wildman–Crippen LogP) is 2.47. The molecule has 0 aliphatic carbocycles. The molecule has 0 saturated heterocycles. The summed E-state index contributed by atoms with van der Waals surface area (Å²) in [6.45, 7) is 1.00. The summed E-state index contributed by atoms with van der Waals surface area (Å²) in [7, 11) is 0. The number of benzene rings is 1. The first kappa shape index (κ1) is 8.91. The number of ketones is 1. The van der Waals surface area contributed by atoms with Crippen molar-refractivity contribution in [2.45, 2.75) is 6.92 Å². The molecule has 0 saturated carbocycles. The minimum absolute atomic E-state index is 0.127. The van der Waals surface area contributed by atoms with E-state index in [1.165, 1.54) is 0 Å². The number of rotatable bonds is 3. The molecule has 1 nitrogen and oxygen atoms in total. The van der Waals surface area contributed by atoms with E-state index in [2.05, 4.69) is 0 Å². The lowest BCUT2D eigenvalue weighted by molar-refractivity contribution is 0.0912. The van der Waals surface area contributed by atoms with Crippen LogP contribution in [-0.4, -0.2) is 12.5 Å². The highest BCUT2D eigenvalue weighted by atomic mass is 19.1. The van der Waals surface area contributed by atoms with Crippen LogP contribution in [0.1, 0.15) is 17.3 Å². The number of alkyl halides is 1. The summed E-state index contributed by atoms with van der Waals surface area (Å²) in [4.78, 5) is 11.3. The van der Waals surface area contributed by atoms with Gasteiger partial charge < -0.3 is 0 Å². The van der Waals surface area contributed by atoms with Crippen molar-refractivity contribution in [3.63, 3.8) is 0 Å². The zero-order valence-electron chi connectivity index (χ0n) is 6.96. The van der Waals surface area contributed by atoms with Crippen LogP contribution in [0.3, 0.4) is 0 Å². The fourth-order valence-corrected chi connectivity index (χ4v) is 0.957. The molecule has 1 unspecified atom stereocenters. The van der Waals surface area contributed by atoms with E-state index < -0.39 is 12.6 Å². The normalized spacial score (nSPS) is 12.5. The topological polar surface area (TPSA) is 17.1 Å². The molecule has 0 aromatic heterocycles. The van der Waals surface area contributed by atoms with Gasteiger partial charge in [-0.3, -0.25) is 9.18 Å². The van der Waals surface area contributed by atoms with Gasteiger partial charge in [-0.25, -0.2) is 0 Å². The summed E-state index contributed by atoms with van der Waals surface area (Å²) in [5.74, 6) is -0.648. The van der Waals surface area contributed by atoms with Crippen molar-refractivity contribution in [2.75, 3.05) is 6.67 Å². The maximum Gasteiger partial charge on any atom is 0.168 e. The Hall–Kier alpha value is -1.18. The zero-order chi connectivity index (χ0) is 8.97. The molecule has 0 amide bonds. The lowest BCUT2D eigenvalue weighted by Gasteiger charge is -2.04. The lowest BCUT2D eigenvalue weighted by atomic mass is 10.0. The standard InChI is InChI=1S/C10H11FO/c1-8(7-11)10(12)9-5-3-2-4-6-9/h2-6,8H,7H2,1H3. The molecule has 0 fully saturated rings. The number of carbonyl (C=O) groups excluding carboxylic acids is 1. The summed E-state index contributed by atoms with van der Waals surface area (Å²) in [6.07, 6.45) is 0. The van der Waals surface area contributed by atoms with Gasteiger partial charge in [-0.15, -0.1) is 0 Å². The highest BCUT2D eigenvalue weighted by molar-refractivity contribution is 5.97. The molecule has 0 bridgehead atoms. The van der Waals surface area contributed by atoms with Gasteiger partial charge in [-0.1, -0.05) is 37.3 Å². The minimum atomic E-state index is -0.590. The molecule has 0 heterocycles. The summed E-state index contributed by atoms with van der Waals surface area (Å²) in [6, 6.07) is 8.79. The maximum absolute atomic E-state index is 12.1. The number of carbonyl (C=O) groups is 1. The van der Waals surface area contributed by atoms with Crippen LogP contribution in [0.25, 0.3) is 0 Å². The van der Waals surface area contributed by atoms with Crippen molar-refractivity contribution < 1.29 is 9.18 Å². The fourth-order valence-electron chi connectivity index (χ4n) is 0.957. The molecule has 0 aliphatic heterocycles. The minimum Gasteiger partial charge on any atom is -0.294 e. The van der Waals surface area contributed by atoms with Crippen LogP contribution in [0.15, 0.2) is 30.3 Å². The molecule has 12 heavy (non-hydrogen) atoms. The quantitative estimate of drug-likeness (QED) is 0.630. The van der Waals surface area contributed by atoms with E-state index in [-0.39, 0.29) is 5.78 Å². The van der Waals surface area contributed by atoms with Crippen LogP contribution < -0.4 is 0 Å². The molecule has 1 atom stereocenters. The molecule has 0 spiro atoms. The molecule has 2 heteroatoms. The van der Waals surface area contributed by atoms with Crippen LogP contribution >= 0.6 is 0 Å². The van der Waals surface area contributed by atoms with Crippen molar-refractivity contribution in [3.8, 4) is 0 Å². The predicted molar refractivity (Wildman–Crippen MR) is 45.9 cm³/mol.